The van der Waals surface area contributed by atoms with Crippen LogP contribution in [0.4, 0.5) is 0 Å². The maximum atomic E-state index is 5.49. The Hall–Kier alpha value is -0.480. The van der Waals surface area contributed by atoms with Gasteiger partial charge in [0.15, 0.2) is 0 Å². The van der Waals surface area contributed by atoms with Crippen LogP contribution in [0, 0.1) is 5.92 Å². The second kappa shape index (κ2) is 4.80. The van der Waals surface area contributed by atoms with E-state index in [-0.39, 0.29) is 6.29 Å². The average molecular weight is 239 g/mol. The highest BCUT2D eigenvalue weighted by molar-refractivity contribution is 8.14. The number of rotatable bonds is 2. The molecule has 0 spiro atoms. The van der Waals surface area contributed by atoms with Crippen LogP contribution in [0.5, 0.6) is 0 Å². The van der Waals surface area contributed by atoms with E-state index in [0.717, 1.165) is 24.5 Å². The molecule has 3 nitrogen and oxygen atoms in total. The first-order valence-electron chi connectivity index (χ1n) is 6.12. The van der Waals surface area contributed by atoms with E-state index < -0.39 is 0 Å². The summed E-state index contributed by atoms with van der Waals surface area (Å²) in [6.07, 6.45) is 10.3. The smallest absolute Gasteiger partial charge is 0.226 e. The zero-order valence-electron chi connectivity index (χ0n) is 9.30. The number of oxime groups is 1. The van der Waals surface area contributed by atoms with Crippen LogP contribution in [0.2, 0.25) is 0 Å². The lowest BCUT2D eigenvalue weighted by Crippen LogP contribution is -2.27. The van der Waals surface area contributed by atoms with Crippen LogP contribution in [0.3, 0.4) is 0 Å². The van der Waals surface area contributed by atoms with Crippen LogP contribution < -0.4 is 0 Å². The van der Waals surface area contributed by atoms with Crippen LogP contribution in [0.15, 0.2) is 17.3 Å². The fraction of sp³-hybridized carbons (Fsp3) is 0.750. The second-order valence-corrected chi connectivity index (χ2v) is 5.82. The van der Waals surface area contributed by atoms with Gasteiger partial charge in [-0.2, -0.15) is 0 Å². The topological polar surface area (TPSA) is 30.8 Å². The Morgan fingerprint density at radius 2 is 2.25 bits per heavy atom. The molecule has 0 radical (unpaired) electrons. The predicted octanol–water partition coefficient (Wildman–Crippen LogP) is 2.92. The number of thioether (sulfide) groups is 1. The third kappa shape index (κ3) is 2.28. The minimum atomic E-state index is -0.105. The average Bonchev–Trinajstić information content (AvgIpc) is 2.39. The minimum Gasteiger partial charge on any atom is -0.363 e. The van der Waals surface area contributed by atoms with Gasteiger partial charge in [0.05, 0.1) is 6.61 Å². The Bertz CT molecular complexity index is 310. The van der Waals surface area contributed by atoms with Crippen molar-refractivity contribution >= 4 is 16.8 Å². The molecule has 4 heteroatoms. The van der Waals surface area contributed by atoms with Gasteiger partial charge in [0.25, 0.3) is 0 Å². The summed E-state index contributed by atoms with van der Waals surface area (Å²) < 4.78 is 5.49. The molecule has 4 aliphatic rings. The van der Waals surface area contributed by atoms with Crippen molar-refractivity contribution in [3.63, 3.8) is 0 Å². The fourth-order valence-corrected chi connectivity index (χ4v) is 3.53. The van der Waals surface area contributed by atoms with Gasteiger partial charge in [-0.05, 0) is 25.7 Å². The maximum Gasteiger partial charge on any atom is 0.226 e. The molecule has 3 unspecified atom stereocenters. The fourth-order valence-electron chi connectivity index (χ4n) is 2.34. The minimum absolute atomic E-state index is 0.105. The Kier molecular flexibility index (Phi) is 3.20. The van der Waals surface area contributed by atoms with E-state index in [4.69, 9.17) is 9.57 Å². The third-order valence-electron chi connectivity index (χ3n) is 3.31. The third-order valence-corrected chi connectivity index (χ3v) is 4.62. The molecule has 3 atom stereocenters. The highest BCUT2D eigenvalue weighted by atomic mass is 32.2. The molecule has 0 aromatic carbocycles. The molecule has 0 amide bonds. The van der Waals surface area contributed by atoms with Crippen molar-refractivity contribution in [3.05, 3.63) is 12.2 Å². The van der Waals surface area contributed by atoms with Crippen molar-refractivity contribution in [2.75, 3.05) is 6.61 Å². The first kappa shape index (κ1) is 10.7. The van der Waals surface area contributed by atoms with Gasteiger partial charge in [0, 0.05) is 17.6 Å². The van der Waals surface area contributed by atoms with Gasteiger partial charge in [-0.3, -0.25) is 0 Å². The summed E-state index contributed by atoms with van der Waals surface area (Å²) in [6, 6.07) is 0. The van der Waals surface area contributed by atoms with Crippen LogP contribution in [0.25, 0.3) is 0 Å². The van der Waals surface area contributed by atoms with Gasteiger partial charge in [-0.15, -0.1) is 0 Å². The molecule has 2 saturated heterocycles. The van der Waals surface area contributed by atoms with Gasteiger partial charge in [-0.1, -0.05) is 29.1 Å². The van der Waals surface area contributed by atoms with Crippen molar-refractivity contribution in [1.82, 2.24) is 0 Å². The molecule has 3 aliphatic heterocycles. The molecule has 0 N–H and O–H groups in total. The van der Waals surface area contributed by atoms with Crippen molar-refractivity contribution in [1.29, 1.82) is 0 Å². The predicted molar refractivity (Wildman–Crippen MR) is 65.4 cm³/mol. The van der Waals surface area contributed by atoms with Crippen LogP contribution in [0.1, 0.15) is 32.1 Å². The molecule has 2 bridgehead atoms. The normalized spacial score (nSPS) is 40.2. The summed E-state index contributed by atoms with van der Waals surface area (Å²) in [4.78, 5) is 5.49. The SMILES string of the molecule is C1=CC2CCC1SC2=NOC1CCCCO1. The summed E-state index contributed by atoms with van der Waals surface area (Å²) in [5.74, 6) is 0.499. The second-order valence-electron chi connectivity index (χ2n) is 4.56. The number of nitrogens with zero attached hydrogens (tertiary/aromatic N) is 1. The van der Waals surface area contributed by atoms with Gasteiger partial charge >= 0.3 is 0 Å². The number of hydrogen-bond donors (Lipinski definition) is 0. The van der Waals surface area contributed by atoms with Crippen molar-refractivity contribution in [2.45, 2.75) is 43.6 Å². The van der Waals surface area contributed by atoms with Gasteiger partial charge in [0.2, 0.25) is 6.29 Å². The van der Waals surface area contributed by atoms with E-state index in [1.807, 2.05) is 11.8 Å². The maximum absolute atomic E-state index is 5.49. The van der Waals surface area contributed by atoms with Gasteiger partial charge in [0.1, 0.15) is 5.04 Å². The van der Waals surface area contributed by atoms with Crippen LogP contribution in [-0.4, -0.2) is 23.2 Å². The van der Waals surface area contributed by atoms with E-state index in [9.17, 15) is 0 Å². The first-order chi connectivity index (χ1) is 7.92. The molecule has 0 aromatic heterocycles. The molecular weight excluding hydrogens is 222 g/mol. The summed E-state index contributed by atoms with van der Waals surface area (Å²) >= 11 is 1.85. The Balaban J connectivity index is 1.58. The molecular formula is C12H17NO2S. The monoisotopic (exact) mass is 239 g/mol. The summed E-state index contributed by atoms with van der Waals surface area (Å²) in [5, 5.41) is 6.06. The molecule has 16 heavy (non-hydrogen) atoms. The van der Waals surface area contributed by atoms with Gasteiger partial charge < -0.3 is 9.57 Å². The zero-order valence-corrected chi connectivity index (χ0v) is 10.1. The van der Waals surface area contributed by atoms with Gasteiger partial charge in [-0.25, -0.2) is 0 Å². The van der Waals surface area contributed by atoms with Crippen molar-refractivity contribution < 1.29 is 9.57 Å². The molecule has 4 rings (SSSR count). The molecule has 3 heterocycles. The van der Waals surface area contributed by atoms with E-state index in [1.54, 1.807) is 0 Å². The molecule has 1 aliphatic carbocycles. The quantitative estimate of drug-likeness (QED) is 0.548. The highest BCUT2D eigenvalue weighted by Crippen LogP contribution is 2.38. The summed E-state index contributed by atoms with van der Waals surface area (Å²) in [5.41, 5.74) is 0. The van der Waals surface area contributed by atoms with Crippen molar-refractivity contribution in [3.8, 4) is 0 Å². The molecule has 0 saturated carbocycles. The largest absolute Gasteiger partial charge is 0.363 e. The van der Waals surface area contributed by atoms with Crippen molar-refractivity contribution in [2.24, 2.45) is 11.1 Å². The van der Waals surface area contributed by atoms with E-state index in [0.29, 0.717) is 11.2 Å². The van der Waals surface area contributed by atoms with E-state index >= 15 is 0 Å². The van der Waals surface area contributed by atoms with Crippen LogP contribution >= 0.6 is 11.8 Å². The lowest BCUT2D eigenvalue weighted by molar-refractivity contribution is -0.162. The van der Waals surface area contributed by atoms with E-state index in [1.165, 1.54) is 19.3 Å². The zero-order chi connectivity index (χ0) is 10.8. The number of fused-ring (bicyclic) bond motifs is 2. The number of allylic oxidation sites excluding steroid dienone is 1. The lowest BCUT2D eigenvalue weighted by atomic mass is 9.96. The Morgan fingerprint density at radius 3 is 2.88 bits per heavy atom. The Labute approximate surface area is 100 Å². The molecule has 0 aromatic rings. The molecule has 2 fully saturated rings. The number of ether oxygens (including phenoxy) is 1. The Morgan fingerprint density at radius 1 is 1.25 bits per heavy atom. The van der Waals surface area contributed by atoms with E-state index in [2.05, 4.69) is 17.3 Å². The standard InChI is InChI=1S/C12H17NO2S/c1-2-8-14-11(3-1)15-13-12-9-4-6-10(16-12)7-5-9/h4,6,9-11H,1-3,5,7-8H2. The summed E-state index contributed by atoms with van der Waals surface area (Å²) in [6.45, 7) is 0.814. The molecule has 88 valence electrons. The lowest BCUT2D eigenvalue weighted by Gasteiger charge is -2.31. The van der Waals surface area contributed by atoms with Crippen LogP contribution in [-0.2, 0) is 9.57 Å². The summed E-state index contributed by atoms with van der Waals surface area (Å²) in [7, 11) is 0. The highest BCUT2D eigenvalue weighted by Gasteiger charge is 2.30. The number of hydrogen-bond acceptors (Lipinski definition) is 4. The first-order valence-corrected chi connectivity index (χ1v) is 7.00.